The van der Waals surface area contributed by atoms with Gasteiger partial charge in [0.05, 0.1) is 18.2 Å². The first-order valence-corrected chi connectivity index (χ1v) is 10.9. The van der Waals surface area contributed by atoms with E-state index in [1.54, 1.807) is 23.0 Å². The third-order valence-corrected chi connectivity index (χ3v) is 5.64. The quantitative estimate of drug-likeness (QED) is 0.398. The summed E-state index contributed by atoms with van der Waals surface area (Å²) in [5, 5.41) is 16.8. The number of hydrogen-bond donors (Lipinski definition) is 1. The Kier molecular flexibility index (Phi) is 5.62. The van der Waals surface area contributed by atoms with E-state index >= 15 is 0 Å². The Morgan fingerprint density at radius 3 is 2.55 bits per heavy atom. The second kappa shape index (κ2) is 8.88. The van der Waals surface area contributed by atoms with Gasteiger partial charge in [-0.05, 0) is 36.8 Å². The molecule has 1 unspecified atom stereocenters. The second-order valence-electron chi connectivity index (χ2n) is 7.76. The van der Waals surface area contributed by atoms with Crippen molar-refractivity contribution in [2.45, 2.75) is 19.5 Å². The lowest BCUT2D eigenvalue weighted by Gasteiger charge is -2.12. The second-order valence-corrected chi connectivity index (χ2v) is 8.20. The molecule has 0 radical (unpaired) electrons. The highest BCUT2D eigenvalue weighted by molar-refractivity contribution is 6.30. The Hall–Kier alpha value is -3.97. The van der Waals surface area contributed by atoms with Crippen molar-refractivity contribution < 1.29 is 4.79 Å². The number of halogens is 1. The number of carbonyl (C=O) groups excluding carboxylic acids is 1. The Labute approximate surface area is 195 Å². The highest BCUT2D eigenvalue weighted by atomic mass is 35.5. The van der Waals surface area contributed by atoms with Gasteiger partial charge in [-0.2, -0.15) is 5.10 Å². The van der Waals surface area contributed by atoms with Gasteiger partial charge in [0, 0.05) is 23.0 Å². The van der Waals surface area contributed by atoms with Gasteiger partial charge in [-0.15, -0.1) is 10.2 Å². The van der Waals surface area contributed by atoms with Gasteiger partial charge in [-0.3, -0.25) is 13.9 Å². The number of benzene rings is 2. The summed E-state index contributed by atoms with van der Waals surface area (Å²) in [6.45, 7) is 2.44. The minimum atomic E-state index is -0.356. The average Bonchev–Trinajstić information content (AvgIpc) is 3.45. The minimum Gasteiger partial charge on any atom is -0.342 e. The van der Waals surface area contributed by atoms with Gasteiger partial charge in [0.25, 0.3) is 5.91 Å². The standard InChI is InChI=1S/C25H21ClN6O/c1-17(24-29-28-22-9-5-6-14-32(22)24)27-25(33)21-16-31(15-18-7-3-2-4-8-18)30-23(21)19-10-12-20(26)13-11-19/h2-14,16-17H,15H2,1H3,(H,27,33). The van der Waals surface area contributed by atoms with Gasteiger partial charge >= 0.3 is 0 Å². The van der Waals surface area contributed by atoms with Crippen molar-refractivity contribution in [1.29, 1.82) is 0 Å². The first kappa shape index (κ1) is 20.9. The smallest absolute Gasteiger partial charge is 0.255 e. The van der Waals surface area contributed by atoms with Crippen molar-refractivity contribution in [3.05, 3.63) is 107 Å². The monoisotopic (exact) mass is 456 g/mol. The molecule has 5 rings (SSSR count). The number of carbonyl (C=O) groups is 1. The van der Waals surface area contributed by atoms with Gasteiger partial charge in [0.1, 0.15) is 5.69 Å². The van der Waals surface area contributed by atoms with Crippen molar-refractivity contribution in [3.8, 4) is 11.3 Å². The highest BCUT2D eigenvalue weighted by Gasteiger charge is 2.22. The summed E-state index contributed by atoms with van der Waals surface area (Å²) in [4.78, 5) is 13.4. The lowest BCUT2D eigenvalue weighted by Crippen LogP contribution is -2.28. The van der Waals surface area contributed by atoms with Crippen LogP contribution in [0.25, 0.3) is 16.9 Å². The molecule has 0 aliphatic carbocycles. The molecule has 0 bridgehead atoms. The summed E-state index contributed by atoms with van der Waals surface area (Å²) < 4.78 is 3.65. The topological polar surface area (TPSA) is 77.1 Å². The lowest BCUT2D eigenvalue weighted by atomic mass is 10.1. The van der Waals surface area contributed by atoms with Crippen LogP contribution in [0.1, 0.15) is 34.7 Å². The molecule has 1 amide bonds. The van der Waals surface area contributed by atoms with Crippen molar-refractivity contribution >= 4 is 23.2 Å². The van der Waals surface area contributed by atoms with E-state index in [9.17, 15) is 4.79 Å². The van der Waals surface area contributed by atoms with Crippen LogP contribution in [0.3, 0.4) is 0 Å². The molecule has 164 valence electrons. The van der Waals surface area contributed by atoms with E-state index in [-0.39, 0.29) is 11.9 Å². The van der Waals surface area contributed by atoms with E-state index in [2.05, 4.69) is 15.5 Å². The molecule has 0 saturated carbocycles. The fourth-order valence-corrected chi connectivity index (χ4v) is 3.88. The largest absolute Gasteiger partial charge is 0.342 e. The predicted molar refractivity (Wildman–Crippen MR) is 127 cm³/mol. The summed E-state index contributed by atoms with van der Waals surface area (Å²) in [7, 11) is 0. The maximum absolute atomic E-state index is 13.4. The SMILES string of the molecule is CC(NC(=O)c1cn(Cc2ccccc2)nc1-c1ccc(Cl)cc1)c1nnc2ccccn12. The molecule has 0 aliphatic heterocycles. The van der Waals surface area contributed by atoms with E-state index in [0.717, 1.165) is 16.8 Å². The van der Waals surface area contributed by atoms with Gasteiger partial charge in [-0.1, -0.05) is 60.1 Å². The third kappa shape index (κ3) is 4.36. The molecule has 33 heavy (non-hydrogen) atoms. The summed E-state index contributed by atoms with van der Waals surface area (Å²) >= 11 is 6.07. The van der Waals surface area contributed by atoms with Crippen LogP contribution >= 0.6 is 11.6 Å². The highest BCUT2D eigenvalue weighted by Crippen LogP contribution is 2.25. The summed E-state index contributed by atoms with van der Waals surface area (Å²) in [6, 6.07) is 22.6. The lowest BCUT2D eigenvalue weighted by molar-refractivity contribution is 0.0938. The first-order valence-electron chi connectivity index (χ1n) is 10.6. The molecule has 8 heteroatoms. The number of amides is 1. The molecule has 3 heterocycles. The zero-order chi connectivity index (χ0) is 22.8. The maximum atomic E-state index is 13.4. The molecule has 0 saturated heterocycles. The maximum Gasteiger partial charge on any atom is 0.255 e. The molecular formula is C25H21ClN6O. The van der Waals surface area contributed by atoms with Gasteiger partial charge in [-0.25, -0.2) is 0 Å². The van der Waals surface area contributed by atoms with E-state index in [1.165, 1.54) is 0 Å². The number of fused-ring (bicyclic) bond motifs is 1. The van der Waals surface area contributed by atoms with Crippen LogP contribution in [0.15, 0.2) is 85.2 Å². The summed E-state index contributed by atoms with van der Waals surface area (Å²) in [6.07, 6.45) is 3.66. The van der Waals surface area contributed by atoms with Crippen molar-refractivity contribution in [1.82, 2.24) is 29.7 Å². The van der Waals surface area contributed by atoms with Gasteiger partial charge in [0.15, 0.2) is 11.5 Å². The number of aromatic nitrogens is 5. The normalized spacial score (nSPS) is 12.1. The molecule has 5 aromatic rings. The molecule has 0 spiro atoms. The van der Waals surface area contributed by atoms with Gasteiger partial charge in [0.2, 0.25) is 0 Å². The van der Waals surface area contributed by atoms with Crippen molar-refractivity contribution in [2.75, 3.05) is 0 Å². The predicted octanol–water partition coefficient (Wildman–Crippen LogP) is 4.79. The fourth-order valence-electron chi connectivity index (χ4n) is 3.75. The number of hydrogen-bond acceptors (Lipinski definition) is 4. The van der Waals surface area contributed by atoms with Crippen LogP contribution in [0.2, 0.25) is 5.02 Å². The van der Waals surface area contributed by atoms with Crippen molar-refractivity contribution in [2.24, 2.45) is 0 Å². The number of nitrogens with zero attached hydrogens (tertiary/aromatic N) is 5. The molecule has 2 aromatic carbocycles. The van der Waals surface area contributed by atoms with E-state index in [0.29, 0.717) is 28.6 Å². The third-order valence-electron chi connectivity index (χ3n) is 5.39. The molecule has 0 aliphatic rings. The Balaban J connectivity index is 1.47. The molecular weight excluding hydrogens is 436 g/mol. The molecule has 3 aromatic heterocycles. The van der Waals surface area contributed by atoms with Crippen molar-refractivity contribution in [3.63, 3.8) is 0 Å². The summed E-state index contributed by atoms with van der Waals surface area (Å²) in [5.41, 5.74) is 3.72. The Bertz CT molecular complexity index is 1410. The molecule has 7 nitrogen and oxygen atoms in total. The molecule has 1 atom stereocenters. The Morgan fingerprint density at radius 1 is 1.00 bits per heavy atom. The zero-order valence-corrected chi connectivity index (χ0v) is 18.6. The van der Waals surface area contributed by atoms with E-state index < -0.39 is 0 Å². The van der Waals surface area contributed by atoms with Crippen LogP contribution in [0.5, 0.6) is 0 Å². The Morgan fingerprint density at radius 2 is 1.76 bits per heavy atom. The van der Waals surface area contributed by atoms with E-state index in [4.69, 9.17) is 16.7 Å². The molecule has 1 N–H and O–H groups in total. The number of pyridine rings is 1. The number of nitrogens with one attached hydrogen (secondary N) is 1. The zero-order valence-electron chi connectivity index (χ0n) is 17.9. The van der Waals surface area contributed by atoms with Crippen LogP contribution in [0.4, 0.5) is 0 Å². The number of rotatable bonds is 6. The average molecular weight is 457 g/mol. The van der Waals surface area contributed by atoms with Crippen LogP contribution in [-0.2, 0) is 6.54 Å². The minimum absolute atomic E-state index is 0.237. The van der Waals surface area contributed by atoms with Crippen LogP contribution in [0, 0.1) is 0 Å². The fraction of sp³-hybridized carbons (Fsp3) is 0.120. The summed E-state index contributed by atoms with van der Waals surface area (Å²) in [5.74, 6) is 0.420. The van der Waals surface area contributed by atoms with E-state index in [1.807, 2.05) is 78.2 Å². The molecule has 0 fully saturated rings. The first-order chi connectivity index (χ1) is 16.1. The van der Waals surface area contributed by atoms with Gasteiger partial charge < -0.3 is 5.32 Å². The van der Waals surface area contributed by atoms with Crippen LogP contribution < -0.4 is 5.32 Å². The van der Waals surface area contributed by atoms with Crippen LogP contribution in [-0.4, -0.2) is 30.3 Å².